The highest BCUT2D eigenvalue weighted by molar-refractivity contribution is 6.31. The molecule has 0 bridgehead atoms. The first kappa shape index (κ1) is 19.2. The number of hydrogen-bond acceptors (Lipinski definition) is 3. The lowest BCUT2D eigenvalue weighted by Crippen LogP contribution is -2.29. The van der Waals surface area contributed by atoms with Gasteiger partial charge in [-0.2, -0.15) is 0 Å². The van der Waals surface area contributed by atoms with Gasteiger partial charge in [0.25, 0.3) is 0 Å². The zero-order chi connectivity index (χ0) is 19.1. The second-order valence-corrected chi connectivity index (χ2v) is 7.04. The first-order valence-corrected chi connectivity index (χ1v) is 9.57. The van der Waals surface area contributed by atoms with Crippen LogP contribution in [-0.4, -0.2) is 35.9 Å². The zero-order valence-electron chi connectivity index (χ0n) is 15.5. The van der Waals surface area contributed by atoms with Gasteiger partial charge >= 0.3 is 0 Å². The van der Waals surface area contributed by atoms with Gasteiger partial charge in [-0.05, 0) is 42.7 Å². The summed E-state index contributed by atoms with van der Waals surface area (Å²) in [6, 6.07) is 17.8. The molecule has 0 saturated heterocycles. The predicted octanol–water partition coefficient (Wildman–Crippen LogP) is 4.78. The molecule has 1 amide bonds. The first-order valence-electron chi connectivity index (χ1n) is 9.19. The van der Waals surface area contributed by atoms with Crippen LogP contribution in [0.1, 0.15) is 18.4 Å². The van der Waals surface area contributed by atoms with Crippen LogP contribution >= 0.6 is 11.6 Å². The molecule has 0 aliphatic heterocycles. The van der Waals surface area contributed by atoms with E-state index in [1.165, 1.54) is 5.56 Å². The summed E-state index contributed by atoms with van der Waals surface area (Å²) in [6.07, 6.45) is 3.99. The molecule has 0 aliphatic rings. The van der Waals surface area contributed by atoms with Crippen LogP contribution in [0, 0.1) is 0 Å². The maximum Gasteiger partial charge on any atom is 0.222 e. The summed E-state index contributed by atoms with van der Waals surface area (Å²) in [5.74, 6) is 0.183. The van der Waals surface area contributed by atoms with Crippen LogP contribution in [0.4, 0.5) is 5.69 Å². The summed E-state index contributed by atoms with van der Waals surface area (Å²) < 4.78 is 0. The van der Waals surface area contributed by atoms with E-state index in [0.717, 1.165) is 42.5 Å². The molecular formula is C22H24ClN3O. The molecule has 3 aromatic rings. The third kappa shape index (κ3) is 5.44. The van der Waals surface area contributed by atoms with Crippen molar-refractivity contribution >= 4 is 34.1 Å². The van der Waals surface area contributed by atoms with Gasteiger partial charge in [0.05, 0.1) is 5.52 Å². The molecule has 0 unspecified atom stereocenters. The Labute approximate surface area is 165 Å². The second kappa shape index (κ2) is 9.38. The molecule has 2 aromatic carbocycles. The van der Waals surface area contributed by atoms with Crippen LogP contribution < -0.4 is 5.32 Å². The van der Waals surface area contributed by atoms with Crippen molar-refractivity contribution in [3.8, 4) is 0 Å². The van der Waals surface area contributed by atoms with Crippen LogP contribution in [-0.2, 0) is 11.2 Å². The van der Waals surface area contributed by atoms with Gasteiger partial charge in [-0.3, -0.25) is 9.78 Å². The first-order chi connectivity index (χ1) is 13.1. The Morgan fingerprint density at radius 2 is 1.96 bits per heavy atom. The highest BCUT2D eigenvalue weighted by atomic mass is 35.5. The molecule has 0 saturated carbocycles. The number of carbonyl (C=O) groups is 1. The van der Waals surface area contributed by atoms with Crippen molar-refractivity contribution in [3.63, 3.8) is 0 Å². The number of amides is 1. The number of rotatable bonds is 8. The number of nitrogens with one attached hydrogen (secondary N) is 1. The van der Waals surface area contributed by atoms with Gasteiger partial charge in [0, 0.05) is 48.9 Å². The fourth-order valence-corrected chi connectivity index (χ4v) is 3.19. The van der Waals surface area contributed by atoms with Crippen LogP contribution in [0.2, 0.25) is 5.02 Å². The smallest absolute Gasteiger partial charge is 0.222 e. The Bertz CT molecular complexity index is 898. The lowest BCUT2D eigenvalue weighted by molar-refractivity contribution is -0.129. The van der Waals surface area contributed by atoms with Gasteiger partial charge < -0.3 is 10.2 Å². The Hall–Kier alpha value is -2.59. The number of fused-ring (bicyclic) bond motifs is 1. The van der Waals surface area contributed by atoms with Gasteiger partial charge in [-0.25, -0.2) is 0 Å². The second-order valence-electron chi connectivity index (χ2n) is 6.60. The Balaban J connectivity index is 1.44. The summed E-state index contributed by atoms with van der Waals surface area (Å²) in [5.41, 5.74) is 3.11. The topological polar surface area (TPSA) is 45.2 Å². The lowest BCUT2D eigenvalue weighted by atomic mass is 10.1. The number of hydrogen-bond donors (Lipinski definition) is 1. The highest BCUT2D eigenvalue weighted by Crippen LogP contribution is 2.24. The average Bonchev–Trinajstić information content (AvgIpc) is 2.69. The number of carbonyl (C=O) groups excluding carboxylic acids is 1. The van der Waals surface area contributed by atoms with E-state index in [-0.39, 0.29) is 5.91 Å². The molecular weight excluding hydrogens is 358 g/mol. The van der Waals surface area contributed by atoms with E-state index in [2.05, 4.69) is 22.4 Å². The van der Waals surface area contributed by atoms with Gasteiger partial charge in [-0.15, -0.1) is 0 Å². The van der Waals surface area contributed by atoms with E-state index < -0.39 is 0 Å². The van der Waals surface area contributed by atoms with Crippen molar-refractivity contribution in [1.29, 1.82) is 0 Å². The van der Waals surface area contributed by atoms with Gasteiger partial charge in [0.1, 0.15) is 0 Å². The summed E-state index contributed by atoms with van der Waals surface area (Å²) in [5, 5.41) is 5.17. The summed E-state index contributed by atoms with van der Waals surface area (Å²) in [7, 11) is 1.87. The molecule has 5 heteroatoms. The fourth-order valence-electron chi connectivity index (χ4n) is 3.03. The summed E-state index contributed by atoms with van der Waals surface area (Å²) in [6.45, 7) is 1.52. The number of aromatic nitrogens is 1. The SMILES string of the molecule is CN(CCCNc1ccnc2cc(Cl)ccc12)C(=O)CCc1ccccc1. The van der Waals surface area contributed by atoms with E-state index in [1.807, 2.05) is 54.4 Å². The van der Waals surface area contributed by atoms with Crippen LogP contribution in [0.15, 0.2) is 60.8 Å². The number of aryl methyl sites for hydroxylation is 1. The lowest BCUT2D eigenvalue weighted by Gasteiger charge is -2.18. The molecule has 0 spiro atoms. The van der Waals surface area contributed by atoms with Crippen LogP contribution in [0.5, 0.6) is 0 Å². The molecule has 0 fully saturated rings. The molecule has 0 radical (unpaired) electrons. The minimum absolute atomic E-state index is 0.183. The molecule has 1 aromatic heterocycles. The van der Waals surface area contributed by atoms with Crippen LogP contribution in [0.3, 0.4) is 0 Å². The Morgan fingerprint density at radius 1 is 1.15 bits per heavy atom. The van der Waals surface area contributed by atoms with E-state index in [0.29, 0.717) is 11.4 Å². The van der Waals surface area contributed by atoms with Crippen molar-refractivity contribution in [2.24, 2.45) is 0 Å². The Kier molecular flexibility index (Phi) is 6.66. The van der Waals surface area contributed by atoms with Crippen molar-refractivity contribution in [3.05, 3.63) is 71.4 Å². The predicted molar refractivity (Wildman–Crippen MR) is 112 cm³/mol. The molecule has 1 heterocycles. The van der Waals surface area contributed by atoms with Gasteiger partial charge in [-0.1, -0.05) is 41.9 Å². The zero-order valence-corrected chi connectivity index (χ0v) is 16.2. The molecule has 140 valence electrons. The number of anilines is 1. The molecule has 27 heavy (non-hydrogen) atoms. The largest absolute Gasteiger partial charge is 0.384 e. The molecule has 4 nitrogen and oxygen atoms in total. The van der Waals surface area contributed by atoms with E-state index in [9.17, 15) is 4.79 Å². The minimum Gasteiger partial charge on any atom is -0.384 e. The molecule has 3 rings (SSSR count). The number of benzene rings is 2. The van der Waals surface area contributed by atoms with Gasteiger partial charge in [0.15, 0.2) is 0 Å². The highest BCUT2D eigenvalue weighted by Gasteiger charge is 2.09. The number of nitrogens with zero attached hydrogens (tertiary/aromatic N) is 2. The molecule has 0 aliphatic carbocycles. The van der Waals surface area contributed by atoms with Crippen molar-refractivity contribution in [2.75, 3.05) is 25.5 Å². The fraction of sp³-hybridized carbons (Fsp3) is 0.273. The minimum atomic E-state index is 0.183. The Morgan fingerprint density at radius 3 is 2.78 bits per heavy atom. The standard InChI is InChI=1S/C22H24ClN3O/c1-26(22(27)11-8-17-6-3-2-4-7-17)15-5-13-24-20-12-14-25-21-16-18(23)9-10-19(20)21/h2-4,6-7,9-10,12,14,16H,5,8,11,13,15H2,1H3,(H,24,25). The van der Waals surface area contributed by atoms with Gasteiger partial charge in [0.2, 0.25) is 5.91 Å². The van der Waals surface area contributed by atoms with Crippen LogP contribution in [0.25, 0.3) is 10.9 Å². The maximum absolute atomic E-state index is 12.3. The molecule has 1 N–H and O–H groups in total. The third-order valence-corrected chi connectivity index (χ3v) is 4.82. The van der Waals surface area contributed by atoms with Crippen molar-refractivity contribution in [1.82, 2.24) is 9.88 Å². The van der Waals surface area contributed by atoms with E-state index >= 15 is 0 Å². The quantitative estimate of drug-likeness (QED) is 0.571. The monoisotopic (exact) mass is 381 g/mol. The van der Waals surface area contributed by atoms with E-state index in [4.69, 9.17) is 11.6 Å². The summed E-state index contributed by atoms with van der Waals surface area (Å²) in [4.78, 5) is 18.4. The number of pyridine rings is 1. The molecule has 0 atom stereocenters. The number of halogens is 1. The maximum atomic E-state index is 12.3. The third-order valence-electron chi connectivity index (χ3n) is 4.59. The summed E-state index contributed by atoms with van der Waals surface area (Å²) >= 11 is 6.03. The average molecular weight is 382 g/mol. The normalized spacial score (nSPS) is 10.7. The van der Waals surface area contributed by atoms with E-state index in [1.54, 1.807) is 6.20 Å². The van der Waals surface area contributed by atoms with Crippen molar-refractivity contribution in [2.45, 2.75) is 19.3 Å². The van der Waals surface area contributed by atoms with Crippen molar-refractivity contribution < 1.29 is 4.79 Å².